The van der Waals surface area contributed by atoms with Gasteiger partial charge in [-0.3, -0.25) is 4.79 Å². The summed E-state index contributed by atoms with van der Waals surface area (Å²) < 4.78 is 0.748. The maximum absolute atomic E-state index is 12.0. The van der Waals surface area contributed by atoms with E-state index in [1.165, 1.54) is 0 Å². The van der Waals surface area contributed by atoms with Gasteiger partial charge in [0.25, 0.3) is 5.91 Å². The van der Waals surface area contributed by atoms with Crippen LogP contribution in [0.25, 0.3) is 0 Å². The predicted octanol–water partition coefficient (Wildman–Crippen LogP) is 4.24. The third kappa shape index (κ3) is 3.40. The highest BCUT2D eigenvalue weighted by atomic mass is 79.9. The number of benzene rings is 1. The van der Waals surface area contributed by atoms with Crippen LogP contribution in [0.2, 0.25) is 5.02 Å². The first-order chi connectivity index (χ1) is 8.58. The van der Waals surface area contributed by atoms with E-state index in [2.05, 4.69) is 21.2 Å². The Hall–Kier alpha value is -0.250. The van der Waals surface area contributed by atoms with E-state index >= 15 is 0 Å². The molecule has 5 heteroatoms. The first-order valence-corrected chi connectivity index (χ1v) is 7.56. The second kappa shape index (κ2) is 6.27. The number of amides is 1. The Bertz CT molecular complexity index is 453. The van der Waals surface area contributed by atoms with Crippen LogP contribution >= 0.6 is 39.1 Å². The molecular weight excluding hydrogens is 337 g/mol. The minimum Gasteiger partial charge on any atom is -0.352 e. The molecule has 1 aromatic carbocycles. The van der Waals surface area contributed by atoms with Crippen molar-refractivity contribution >= 4 is 45.0 Å². The van der Waals surface area contributed by atoms with Crippen LogP contribution in [0.1, 0.15) is 29.6 Å². The van der Waals surface area contributed by atoms with E-state index in [1.54, 1.807) is 18.2 Å². The molecule has 2 atom stereocenters. The molecule has 1 aliphatic rings. The lowest BCUT2D eigenvalue weighted by atomic mass is 10.1. The highest BCUT2D eigenvalue weighted by Crippen LogP contribution is 2.29. The molecule has 1 amide bonds. The summed E-state index contributed by atoms with van der Waals surface area (Å²) in [5.74, 6) is 0.272. The topological polar surface area (TPSA) is 29.1 Å². The molecule has 1 aromatic rings. The van der Waals surface area contributed by atoms with Crippen molar-refractivity contribution in [1.82, 2.24) is 5.32 Å². The summed E-state index contributed by atoms with van der Waals surface area (Å²) in [6.45, 7) is 0.631. The Kier molecular flexibility index (Phi) is 4.93. The van der Waals surface area contributed by atoms with Crippen molar-refractivity contribution in [2.75, 3.05) is 6.54 Å². The van der Waals surface area contributed by atoms with E-state index in [4.69, 9.17) is 23.2 Å². The fourth-order valence-corrected chi connectivity index (χ4v) is 3.18. The van der Waals surface area contributed by atoms with Crippen LogP contribution in [0, 0.1) is 5.92 Å². The molecule has 0 aromatic heterocycles. The van der Waals surface area contributed by atoms with Gasteiger partial charge >= 0.3 is 0 Å². The van der Waals surface area contributed by atoms with Crippen LogP contribution in [-0.2, 0) is 0 Å². The van der Waals surface area contributed by atoms with Gasteiger partial charge in [-0.15, -0.1) is 11.6 Å². The molecule has 1 N–H and O–H groups in total. The van der Waals surface area contributed by atoms with Crippen LogP contribution in [0.5, 0.6) is 0 Å². The number of rotatable bonds is 3. The average molecular weight is 351 g/mol. The van der Waals surface area contributed by atoms with Gasteiger partial charge in [0.15, 0.2) is 0 Å². The summed E-state index contributed by atoms with van der Waals surface area (Å²) in [6.07, 6.45) is 3.28. The summed E-state index contributed by atoms with van der Waals surface area (Å²) in [6, 6.07) is 5.18. The molecule has 0 bridgehead atoms. The molecule has 1 saturated carbocycles. The molecule has 98 valence electrons. The van der Waals surface area contributed by atoms with Gasteiger partial charge in [-0.2, -0.15) is 0 Å². The number of halogens is 3. The number of carbonyl (C=O) groups is 1. The summed E-state index contributed by atoms with van der Waals surface area (Å²) in [4.78, 5) is 12.0. The molecule has 18 heavy (non-hydrogen) atoms. The van der Waals surface area contributed by atoms with Crippen molar-refractivity contribution < 1.29 is 4.79 Å². The van der Waals surface area contributed by atoms with E-state index in [-0.39, 0.29) is 11.3 Å². The fourth-order valence-electron chi connectivity index (χ4n) is 2.21. The molecule has 2 unspecified atom stereocenters. The third-order valence-electron chi connectivity index (χ3n) is 3.26. The van der Waals surface area contributed by atoms with Crippen LogP contribution in [0.15, 0.2) is 22.7 Å². The molecule has 2 nitrogen and oxygen atoms in total. The lowest BCUT2D eigenvalue weighted by Gasteiger charge is -2.15. The lowest BCUT2D eigenvalue weighted by molar-refractivity contribution is 0.0947. The zero-order valence-corrected chi connectivity index (χ0v) is 12.9. The van der Waals surface area contributed by atoms with Crippen molar-refractivity contribution in [3.05, 3.63) is 33.3 Å². The van der Waals surface area contributed by atoms with Gasteiger partial charge in [0.2, 0.25) is 0 Å². The molecule has 0 radical (unpaired) electrons. The monoisotopic (exact) mass is 349 g/mol. The number of alkyl halides is 1. The first kappa shape index (κ1) is 14.2. The minimum atomic E-state index is -0.111. The second-order valence-corrected chi connectivity index (χ2v) is 6.39. The van der Waals surface area contributed by atoms with Crippen LogP contribution in [-0.4, -0.2) is 17.8 Å². The zero-order chi connectivity index (χ0) is 13.1. The fraction of sp³-hybridized carbons (Fsp3) is 0.462. The number of carbonyl (C=O) groups excluding carboxylic acids is 1. The smallest absolute Gasteiger partial charge is 0.252 e. The normalized spacial score (nSPS) is 23.1. The van der Waals surface area contributed by atoms with Gasteiger partial charge in [-0.25, -0.2) is 0 Å². The molecule has 2 rings (SSSR count). The highest BCUT2D eigenvalue weighted by Gasteiger charge is 2.25. The van der Waals surface area contributed by atoms with Gasteiger partial charge in [-0.05, 0) is 52.9 Å². The summed E-state index contributed by atoms with van der Waals surface area (Å²) in [5, 5.41) is 3.67. The maximum Gasteiger partial charge on any atom is 0.252 e. The van der Waals surface area contributed by atoms with Crippen molar-refractivity contribution in [3.63, 3.8) is 0 Å². The first-order valence-electron chi connectivity index (χ1n) is 5.95. The van der Waals surface area contributed by atoms with E-state index < -0.39 is 0 Å². The Morgan fingerprint density at radius 1 is 1.44 bits per heavy atom. The lowest BCUT2D eigenvalue weighted by Crippen LogP contribution is -2.31. The maximum atomic E-state index is 12.0. The number of nitrogens with one attached hydrogen (secondary N) is 1. The van der Waals surface area contributed by atoms with Crippen LogP contribution in [0.3, 0.4) is 0 Å². The van der Waals surface area contributed by atoms with Gasteiger partial charge in [0.05, 0.1) is 5.56 Å². The van der Waals surface area contributed by atoms with Gasteiger partial charge < -0.3 is 5.32 Å². The molecule has 0 aliphatic heterocycles. The minimum absolute atomic E-state index is 0.111. The Labute approximate surface area is 125 Å². The van der Waals surface area contributed by atoms with Crippen molar-refractivity contribution in [2.45, 2.75) is 24.6 Å². The van der Waals surface area contributed by atoms with Gasteiger partial charge in [0.1, 0.15) is 0 Å². The molecule has 1 aliphatic carbocycles. The van der Waals surface area contributed by atoms with E-state index in [0.717, 1.165) is 23.7 Å². The average Bonchev–Trinajstić information content (AvgIpc) is 2.75. The predicted molar refractivity (Wildman–Crippen MR) is 78.5 cm³/mol. The molecule has 0 heterocycles. The van der Waals surface area contributed by atoms with Crippen molar-refractivity contribution in [3.8, 4) is 0 Å². The number of hydrogen-bond acceptors (Lipinski definition) is 1. The zero-order valence-electron chi connectivity index (χ0n) is 9.76. The Morgan fingerprint density at radius 3 is 2.89 bits per heavy atom. The van der Waals surface area contributed by atoms with Gasteiger partial charge in [0, 0.05) is 21.4 Å². The van der Waals surface area contributed by atoms with Crippen LogP contribution in [0.4, 0.5) is 0 Å². The van der Waals surface area contributed by atoms with Crippen molar-refractivity contribution in [2.24, 2.45) is 5.92 Å². The van der Waals surface area contributed by atoms with Crippen molar-refractivity contribution in [1.29, 1.82) is 0 Å². The SMILES string of the molecule is O=C(NCC1CCCC1Cl)c1cc(Cl)ccc1Br. The summed E-state index contributed by atoms with van der Waals surface area (Å²) in [7, 11) is 0. The molecule has 1 fully saturated rings. The van der Waals surface area contributed by atoms with E-state index in [0.29, 0.717) is 23.0 Å². The third-order valence-corrected chi connectivity index (χ3v) is 4.77. The van der Waals surface area contributed by atoms with Gasteiger partial charge in [-0.1, -0.05) is 18.0 Å². The quantitative estimate of drug-likeness (QED) is 0.811. The highest BCUT2D eigenvalue weighted by molar-refractivity contribution is 9.10. The largest absolute Gasteiger partial charge is 0.352 e. The Morgan fingerprint density at radius 2 is 2.22 bits per heavy atom. The molecule has 0 saturated heterocycles. The summed E-state index contributed by atoms with van der Waals surface area (Å²) >= 11 is 15.4. The Balaban J connectivity index is 1.97. The standard InChI is InChI=1S/C13H14BrCl2NO/c14-11-5-4-9(15)6-10(11)13(18)17-7-8-2-1-3-12(8)16/h4-6,8,12H,1-3,7H2,(H,17,18). The van der Waals surface area contributed by atoms with E-state index in [9.17, 15) is 4.79 Å². The summed E-state index contributed by atoms with van der Waals surface area (Å²) in [5.41, 5.74) is 0.562. The van der Waals surface area contributed by atoms with Crippen LogP contribution < -0.4 is 5.32 Å². The molecular formula is C13H14BrCl2NO. The van der Waals surface area contributed by atoms with E-state index in [1.807, 2.05) is 0 Å². The number of hydrogen-bond donors (Lipinski definition) is 1. The second-order valence-electron chi connectivity index (χ2n) is 4.54. The molecule has 0 spiro atoms.